The fourth-order valence-corrected chi connectivity index (χ4v) is 8.88. The molecule has 0 aromatic heterocycles. The third kappa shape index (κ3) is 8.56. The van der Waals surface area contributed by atoms with Gasteiger partial charge in [0.2, 0.25) is 21.8 Å². The van der Waals surface area contributed by atoms with Gasteiger partial charge in [0.15, 0.2) is 0 Å². The quantitative estimate of drug-likeness (QED) is 0.380. The van der Waals surface area contributed by atoms with Crippen molar-refractivity contribution in [1.29, 1.82) is 0 Å². The molecule has 284 valence electrons. The summed E-state index contributed by atoms with van der Waals surface area (Å²) in [4.78, 5) is 71.6. The van der Waals surface area contributed by atoms with Gasteiger partial charge in [0.05, 0.1) is 11.8 Å². The monoisotopic (exact) mass is 741 g/mol. The Balaban J connectivity index is 1.25. The molecule has 1 aromatic carbocycles. The molecule has 6 rings (SSSR count). The maximum atomic E-state index is 14.4. The number of benzene rings is 1. The lowest BCUT2D eigenvalue weighted by molar-refractivity contribution is -0.141. The van der Waals surface area contributed by atoms with Crippen molar-refractivity contribution in [3.63, 3.8) is 0 Å². The Kier molecular flexibility index (Phi) is 10.6. The standard InChI is InChI=1S/C37H51N5O9S/c1-23-20-41(21-24-12-10-11-14-28(23)24)35(47)50-26-18-30-31(43)39-37(33(45)40-52(48,49)27-16-17-27)19-25(37)13-8-6-5-7-9-15-29(32(44)42(30)22-26)38-34(46)51-36(2,3)4/h8,10-14,23,25-27,29-30H,5-7,9,15-22H2,1-4H3,(H,38,46)(H,39,43)(H,40,45)/b13-8-/t23-,25+,26+,29-,30-,37+/m0/s1. The molecule has 2 aliphatic carbocycles. The molecule has 3 aliphatic heterocycles. The zero-order valence-corrected chi connectivity index (χ0v) is 31.2. The summed E-state index contributed by atoms with van der Waals surface area (Å²) in [6.07, 6.45) is 5.73. The summed E-state index contributed by atoms with van der Waals surface area (Å²) in [6.45, 7) is 7.86. The number of fused-ring (bicyclic) bond motifs is 3. The summed E-state index contributed by atoms with van der Waals surface area (Å²) < 4.78 is 39.2. The number of nitrogens with one attached hydrogen (secondary N) is 3. The van der Waals surface area contributed by atoms with Crippen molar-refractivity contribution < 1.29 is 41.9 Å². The number of hydrogen-bond acceptors (Lipinski definition) is 9. The molecule has 3 heterocycles. The SMILES string of the molecule is C[C@H]1CN(C(=O)O[C@@H]2C[C@H]3C(=O)N[C@]4(C(=O)NS(=O)(=O)C5CC5)C[C@H]4/C=C\CCCCC[C@H](NC(=O)OC(C)(C)C)C(=O)N3C2)Cc2ccccc21. The van der Waals surface area contributed by atoms with Gasteiger partial charge >= 0.3 is 12.2 Å². The van der Waals surface area contributed by atoms with Crippen molar-refractivity contribution in [1.82, 2.24) is 25.2 Å². The predicted molar refractivity (Wildman–Crippen MR) is 190 cm³/mol. The van der Waals surface area contributed by atoms with Crippen LogP contribution in [0.3, 0.4) is 0 Å². The molecule has 3 N–H and O–H groups in total. The van der Waals surface area contributed by atoms with Crippen LogP contribution < -0.4 is 15.4 Å². The van der Waals surface area contributed by atoms with Crippen LogP contribution in [0.25, 0.3) is 0 Å². The van der Waals surface area contributed by atoms with Crippen LogP contribution in [-0.2, 0) is 40.4 Å². The van der Waals surface area contributed by atoms with Gasteiger partial charge in [-0.15, -0.1) is 0 Å². The van der Waals surface area contributed by atoms with Crippen molar-refractivity contribution in [2.24, 2.45) is 5.92 Å². The summed E-state index contributed by atoms with van der Waals surface area (Å²) in [5.74, 6) is -2.39. The first kappa shape index (κ1) is 37.6. The second-order valence-corrected chi connectivity index (χ2v) is 17.9. The number of alkyl carbamates (subject to hydrolysis) is 1. The average molecular weight is 742 g/mol. The normalized spacial score (nSPS) is 30.3. The molecule has 0 bridgehead atoms. The highest BCUT2D eigenvalue weighted by molar-refractivity contribution is 7.91. The number of nitrogens with zero attached hydrogens (tertiary/aromatic N) is 2. The maximum absolute atomic E-state index is 14.4. The number of hydrogen-bond donors (Lipinski definition) is 3. The Morgan fingerprint density at radius 3 is 2.50 bits per heavy atom. The van der Waals surface area contributed by atoms with Crippen molar-refractivity contribution in [2.75, 3.05) is 13.1 Å². The van der Waals surface area contributed by atoms with E-state index in [2.05, 4.69) is 15.4 Å². The second-order valence-electron chi connectivity index (χ2n) is 15.9. The van der Waals surface area contributed by atoms with E-state index in [0.29, 0.717) is 38.8 Å². The first-order valence-electron chi connectivity index (χ1n) is 18.4. The molecule has 15 heteroatoms. The first-order valence-corrected chi connectivity index (χ1v) is 20.0. The molecule has 0 spiro atoms. The van der Waals surface area contributed by atoms with E-state index in [1.165, 1.54) is 10.5 Å². The molecule has 2 saturated carbocycles. The Morgan fingerprint density at radius 2 is 1.77 bits per heavy atom. The summed E-state index contributed by atoms with van der Waals surface area (Å²) in [6, 6.07) is 5.70. The van der Waals surface area contributed by atoms with Gasteiger partial charge in [-0.2, -0.15) is 0 Å². The average Bonchev–Trinajstić information content (AvgIpc) is 3.99. The van der Waals surface area contributed by atoms with Crippen molar-refractivity contribution in [3.05, 3.63) is 47.5 Å². The van der Waals surface area contributed by atoms with Crippen molar-refractivity contribution in [3.8, 4) is 0 Å². The fraction of sp³-hybridized carbons (Fsp3) is 0.649. The van der Waals surface area contributed by atoms with Gasteiger partial charge < -0.3 is 29.9 Å². The van der Waals surface area contributed by atoms with Crippen molar-refractivity contribution >= 4 is 39.9 Å². The number of ether oxygens (including phenoxy) is 2. The Morgan fingerprint density at radius 1 is 1.02 bits per heavy atom. The topological polar surface area (TPSA) is 181 Å². The van der Waals surface area contributed by atoms with E-state index in [1.54, 1.807) is 25.7 Å². The van der Waals surface area contributed by atoms with E-state index >= 15 is 0 Å². The number of rotatable bonds is 5. The molecule has 5 amide bonds. The van der Waals surface area contributed by atoms with Crippen LogP contribution in [-0.4, -0.2) is 95.8 Å². The minimum Gasteiger partial charge on any atom is -0.444 e. The smallest absolute Gasteiger partial charge is 0.410 e. The lowest BCUT2D eigenvalue weighted by Gasteiger charge is -2.33. The molecule has 3 fully saturated rings. The highest BCUT2D eigenvalue weighted by atomic mass is 32.2. The van der Waals surface area contributed by atoms with Gasteiger partial charge in [-0.25, -0.2) is 18.0 Å². The first-order chi connectivity index (χ1) is 24.6. The van der Waals surface area contributed by atoms with Crippen LogP contribution in [0.1, 0.15) is 103 Å². The van der Waals surface area contributed by atoms with Crippen molar-refractivity contribution in [2.45, 2.75) is 133 Å². The van der Waals surface area contributed by atoms with Gasteiger partial charge in [0, 0.05) is 25.4 Å². The molecule has 14 nitrogen and oxygen atoms in total. The summed E-state index contributed by atoms with van der Waals surface area (Å²) in [5.41, 5.74) is -0.155. The van der Waals surface area contributed by atoms with Crippen LogP contribution in [0.4, 0.5) is 9.59 Å². The van der Waals surface area contributed by atoms with Gasteiger partial charge in [-0.1, -0.05) is 56.2 Å². The van der Waals surface area contributed by atoms with Gasteiger partial charge in [-0.05, 0) is 76.3 Å². The van der Waals surface area contributed by atoms with E-state index < -0.39 is 80.4 Å². The van der Waals surface area contributed by atoms with E-state index in [0.717, 1.165) is 18.4 Å². The molecular formula is C37H51N5O9S. The Bertz CT molecular complexity index is 1720. The number of sulfonamides is 1. The zero-order chi connectivity index (χ0) is 37.4. The van der Waals surface area contributed by atoms with E-state index in [4.69, 9.17) is 9.47 Å². The predicted octanol–water partition coefficient (Wildman–Crippen LogP) is 3.61. The van der Waals surface area contributed by atoms with Crippen LogP contribution in [0.2, 0.25) is 0 Å². The number of carbonyl (C=O) groups is 5. The molecule has 5 aliphatic rings. The van der Waals surface area contributed by atoms with E-state index in [1.807, 2.05) is 43.3 Å². The third-order valence-corrected chi connectivity index (χ3v) is 12.3. The summed E-state index contributed by atoms with van der Waals surface area (Å²) in [5, 5.41) is 4.90. The molecule has 0 unspecified atom stereocenters. The molecule has 0 radical (unpaired) electrons. The lowest BCUT2D eigenvalue weighted by Crippen LogP contribution is -2.58. The summed E-state index contributed by atoms with van der Waals surface area (Å²) >= 11 is 0. The van der Waals surface area contributed by atoms with Gasteiger partial charge in [0.25, 0.3) is 5.91 Å². The number of amides is 5. The second kappa shape index (κ2) is 14.7. The lowest BCUT2D eigenvalue weighted by atomic mass is 9.91. The molecule has 1 aromatic rings. The Labute approximate surface area is 305 Å². The number of carbonyl (C=O) groups excluding carboxylic acids is 5. The third-order valence-electron chi connectivity index (χ3n) is 10.5. The van der Waals surface area contributed by atoms with Gasteiger partial charge in [0.1, 0.15) is 29.3 Å². The fourth-order valence-electron chi connectivity index (χ4n) is 7.51. The Hall–Kier alpha value is -4.14. The molecular weight excluding hydrogens is 690 g/mol. The summed E-state index contributed by atoms with van der Waals surface area (Å²) in [7, 11) is -3.90. The maximum Gasteiger partial charge on any atom is 0.410 e. The van der Waals surface area contributed by atoms with Crippen LogP contribution in [0.15, 0.2) is 36.4 Å². The van der Waals surface area contributed by atoms with Crippen LogP contribution in [0, 0.1) is 5.92 Å². The van der Waals surface area contributed by atoms with E-state index in [9.17, 15) is 32.4 Å². The minimum absolute atomic E-state index is 0.0545. The van der Waals surface area contributed by atoms with Gasteiger partial charge in [-0.3, -0.25) is 19.1 Å². The van der Waals surface area contributed by atoms with Crippen LogP contribution in [0.5, 0.6) is 0 Å². The zero-order valence-electron chi connectivity index (χ0n) is 30.4. The molecule has 52 heavy (non-hydrogen) atoms. The highest BCUT2D eigenvalue weighted by Gasteiger charge is 2.62. The molecule has 6 atom stereocenters. The van der Waals surface area contributed by atoms with Crippen LogP contribution >= 0.6 is 0 Å². The largest absolute Gasteiger partial charge is 0.444 e. The highest BCUT2D eigenvalue weighted by Crippen LogP contribution is 2.46. The van der Waals surface area contributed by atoms with E-state index in [-0.39, 0.29) is 31.7 Å². The number of allylic oxidation sites excluding steroid dienone is 1. The minimum atomic E-state index is -3.90. The molecule has 1 saturated heterocycles.